The van der Waals surface area contributed by atoms with Crippen molar-refractivity contribution in [1.29, 1.82) is 0 Å². The number of nitrogens with zero attached hydrogens (tertiary/aromatic N) is 2. The second kappa shape index (κ2) is 9.06. The van der Waals surface area contributed by atoms with Gasteiger partial charge < -0.3 is 20.1 Å². The number of alkyl halides is 3. The van der Waals surface area contributed by atoms with Gasteiger partial charge in [-0.15, -0.1) is 0 Å². The normalized spacial score (nSPS) is 18.2. The molecule has 0 saturated carbocycles. The number of aryl methyl sites for hydroxylation is 1. The first-order valence-corrected chi connectivity index (χ1v) is 11.5. The highest BCUT2D eigenvalue weighted by Crippen LogP contribution is 2.31. The molecule has 32 heavy (non-hydrogen) atoms. The molecule has 1 heterocycles. The maximum Gasteiger partial charge on any atom is 0.418 e. The van der Waals surface area contributed by atoms with Gasteiger partial charge in [-0.25, -0.2) is 13.2 Å². The zero-order valence-corrected chi connectivity index (χ0v) is 19.6. The quantitative estimate of drug-likeness (QED) is 0.671. The summed E-state index contributed by atoms with van der Waals surface area (Å²) in [7, 11) is -3.85. The molecular formula is C20H30F3N3O5S. The molecule has 1 saturated heterocycles. The van der Waals surface area contributed by atoms with Crippen LogP contribution in [0.4, 0.5) is 23.7 Å². The van der Waals surface area contributed by atoms with Gasteiger partial charge >= 0.3 is 12.3 Å². The maximum atomic E-state index is 13.0. The first-order chi connectivity index (χ1) is 14.4. The molecule has 1 unspecified atom stereocenters. The number of carbonyl (C=O) groups excluding carboxylic acids is 1. The van der Waals surface area contributed by atoms with Crippen molar-refractivity contribution in [3.05, 3.63) is 23.8 Å². The van der Waals surface area contributed by atoms with E-state index in [1.807, 2.05) is 0 Å². The highest BCUT2D eigenvalue weighted by Gasteiger charge is 2.49. The monoisotopic (exact) mass is 481 g/mol. The van der Waals surface area contributed by atoms with E-state index < -0.39 is 40.0 Å². The Labute approximate surface area is 186 Å². The zero-order chi connectivity index (χ0) is 24.5. The average molecular weight is 482 g/mol. The number of halogens is 3. The van der Waals surface area contributed by atoms with Crippen LogP contribution in [0.5, 0.6) is 0 Å². The number of sulfonamides is 1. The summed E-state index contributed by atoms with van der Waals surface area (Å²) in [5.74, 6) is 0. The summed E-state index contributed by atoms with van der Waals surface area (Å²) >= 11 is 0. The largest absolute Gasteiger partial charge is 0.444 e. The summed E-state index contributed by atoms with van der Waals surface area (Å²) in [6.07, 6.45) is -5.31. The first kappa shape index (κ1) is 26.2. The van der Waals surface area contributed by atoms with Gasteiger partial charge in [0.05, 0.1) is 11.4 Å². The van der Waals surface area contributed by atoms with E-state index in [9.17, 15) is 31.5 Å². The van der Waals surface area contributed by atoms with E-state index in [1.54, 1.807) is 27.7 Å². The third-order valence-corrected chi connectivity index (χ3v) is 6.85. The van der Waals surface area contributed by atoms with E-state index in [0.717, 1.165) is 0 Å². The van der Waals surface area contributed by atoms with Crippen LogP contribution in [0.2, 0.25) is 0 Å². The highest BCUT2D eigenvalue weighted by molar-refractivity contribution is 7.89. The molecule has 1 aromatic carbocycles. The van der Waals surface area contributed by atoms with E-state index in [1.165, 1.54) is 27.4 Å². The number of carbonyl (C=O) groups is 1. The molecule has 2 rings (SSSR count). The van der Waals surface area contributed by atoms with Crippen molar-refractivity contribution in [3.63, 3.8) is 0 Å². The minimum absolute atomic E-state index is 0.00569. The predicted octanol–water partition coefficient (Wildman–Crippen LogP) is 2.96. The van der Waals surface area contributed by atoms with Crippen molar-refractivity contribution in [2.75, 3.05) is 38.0 Å². The number of anilines is 1. The lowest BCUT2D eigenvalue weighted by Crippen LogP contribution is -2.51. The molecule has 1 aliphatic heterocycles. The Bertz CT molecular complexity index is 935. The lowest BCUT2D eigenvalue weighted by molar-refractivity contribution is -0.246. The van der Waals surface area contributed by atoms with Crippen molar-refractivity contribution < 1.29 is 36.2 Å². The Morgan fingerprint density at radius 2 is 1.69 bits per heavy atom. The summed E-state index contributed by atoms with van der Waals surface area (Å²) in [5, 5.41) is 12.1. The van der Waals surface area contributed by atoms with Gasteiger partial charge in [0.1, 0.15) is 5.60 Å². The summed E-state index contributed by atoms with van der Waals surface area (Å²) in [6.45, 7) is 7.22. The lowest BCUT2D eigenvalue weighted by atomic mass is 10.1. The van der Waals surface area contributed by atoms with E-state index in [0.29, 0.717) is 12.5 Å². The number of nitrogens with one attached hydrogen (secondary N) is 1. The fourth-order valence-corrected chi connectivity index (χ4v) is 4.46. The smallest absolute Gasteiger partial charge is 0.418 e. The van der Waals surface area contributed by atoms with Crippen molar-refractivity contribution >= 4 is 21.8 Å². The van der Waals surface area contributed by atoms with E-state index >= 15 is 0 Å². The Balaban J connectivity index is 2.06. The van der Waals surface area contributed by atoms with Crippen LogP contribution < -0.4 is 5.32 Å². The van der Waals surface area contributed by atoms with Crippen LogP contribution in [0.1, 0.15) is 33.3 Å². The molecule has 0 spiro atoms. The second-order valence-electron chi connectivity index (χ2n) is 8.97. The van der Waals surface area contributed by atoms with Crippen molar-refractivity contribution in [1.82, 2.24) is 9.21 Å². The van der Waals surface area contributed by atoms with Gasteiger partial charge in [-0.2, -0.15) is 17.5 Å². The molecule has 1 fully saturated rings. The molecule has 0 bridgehead atoms. The Hall–Kier alpha value is -2.05. The molecular weight excluding hydrogens is 451 g/mol. The van der Waals surface area contributed by atoms with Gasteiger partial charge in [-0.05, 0) is 58.4 Å². The van der Waals surface area contributed by atoms with Gasteiger partial charge in [0, 0.05) is 31.9 Å². The topological polar surface area (TPSA) is 99.2 Å². The fourth-order valence-electron chi connectivity index (χ4n) is 2.95. The Morgan fingerprint density at radius 3 is 2.16 bits per heavy atom. The number of rotatable bonds is 5. The number of piperazine rings is 1. The van der Waals surface area contributed by atoms with Gasteiger partial charge in [0.2, 0.25) is 10.0 Å². The number of ether oxygens (including phenoxy) is 1. The van der Waals surface area contributed by atoms with Crippen LogP contribution >= 0.6 is 0 Å². The van der Waals surface area contributed by atoms with Crippen molar-refractivity contribution in [2.24, 2.45) is 0 Å². The lowest BCUT2D eigenvalue weighted by Gasteiger charge is -2.35. The van der Waals surface area contributed by atoms with Gasteiger partial charge in [-0.3, -0.25) is 0 Å². The number of aliphatic hydroxyl groups is 1. The molecule has 182 valence electrons. The van der Waals surface area contributed by atoms with Crippen LogP contribution in [-0.4, -0.2) is 78.9 Å². The molecule has 1 atom stereocenters. The molecule has 1 amide bonds. The van der Waals surface area contributed by atoms with Gasteiger partial charge in [0.15, 0.2) is 5.60 Å². The summed E-state index contributed by atoms with van der Waals surface area (Å²) in [6, 6.07) is 4.03. The summed E-state index contributed by atoms with van der Waals surface area (Å²) < 4.78 is 71.0. The number of benzene rings is 1. The van der Waals surface area contributed by atoms with E-state index in [-0.39, 0.29) is 36.8 Å². The standard InChI is InChI=1S/C20H30F3N3O5S/c1-14-12-15(6-7-16(14)24-13-19(5,28)20(21,22)23)32(29,30)26-10-8-25(9-11-26)17(27)31-18(2,3)4/h6-7,12,24,28H,8-11,13H2,1-5H3. The maximum absolute atomic E-state index is 13.0. The van der Waals surface area contributed by atoms with Gasteiger partial charge in [-0.1, -0.05) is 0 Å². The summed E-state index contributed by atoms with van der Waals surface area (Å²) in [5.41, 5.74) is -2.89. The highest BCUT2D eigenvalue weighted by atomic mass is 32.2. The molecule has 12 heteroatoms. The minimum Gasteiger partial charge on any atom is -0.444 e. The van der Waals surface area contributed by atoms with E-state index in [2.05, 4.69) is 5.32 Å². The minimum atomic E-state index is -4.81. The van der Waals surface area contributed by atoms with Gasteiger partial charge in [0.25, 0.3) is 0 Å². The predicted molar refractivity (Wildman–Crippen MR) is 113 cm³/mol. The molecule has 0 aromatic heterocycles. The fraction of sp³-hybridized carbons (Fsp3) is 0.650. The summed E-state index contributed by atoms with van der Waals surface area (Å²) in [4.78, 5) is 13.6. The number of hydrogen-bond acceptors (Lipinski definition) is 6. The van der Waals surface area contributed by atoms with Crippen LogP contribution in [0.3, 0.4) is 0 Å². The third kappa shape index (κ3) is 6.26. The molecule has 0 aliphatic carbocycles. The molecule has 1 aromatic rings. The van der Waals surface area contributed by atoms with Crippen LogP contribution in [-0.2, 0) is 14.8 Å². The van der Waals surface area contributed by atoms with Crippen LogP contribution in [0.25, 0.3) is 0 Å². The molecule has 2 N–H and O–H groups in total. The molecule has 1 aliphatic rings. The molecule has 0 radical (unpaired) electrons. The van der Waals surface area contributed by atoms with Crippen LogP contribution in [0.15, 0.2) is 23.1 Å². The number of hydrogen-bond donors (Lipinski definition) is 2. The Kier molecular flexibility index (Phi) is 7.42. The van der Waals surface area contributed by atoms with Crippen molar-refractivity contribution in [2.45, 2.75) is 56.9 Å². The third-order valence-electron chi connectivity index (χ3n) is 4.96. The first-order valence-electron chi connectivity index (χ1n) is 10.1. The molecule has 8 nitrogen and oxygen atoms in total. The van der Waals surface area contributed by atoms with E-state index in [4.69, 9.17) is 4.74 Å². The SMILES string of the molecule is Cc1cc(S(=O)(=O)N2CCN(C(=O)OC(C)(C)C)CC2)ccc1NCC(C)(O)C(F)(F)F. The zero-order valence-electron chi connectivity index (χ0n) is 18.8. The number of amides is 1. The van der Waals surface area contributed by atoms with Crippen LogP contribution in [0, 0.1) is 6.92 Å². The Morgan fingerprint density at radius 1 is 1.12 bits per heavy atom. The second-order valence-corrected chi connectivity index (χ2v) is 10.9. The van der Waals surface area contributed by atoms with Crippen molar-refractivity contribution in [3.8, 4) is 0 Å². The average Bonchev–Trinajstić information content (AvgIpc) is 2.64.